The maximum atomic E-state index is 12.0. The third-order valence-electron chi connectivity index (χ3n) is 3.63. The van der Waals surface area contributed by atoms with Crippen LogP contribution in [0.15, 0.2) is 66.6 Å². The topological polar surface area (TPSA) is 80.8 Å². The molecule has 0 spiro atoms. The minimum Gasteiger partial charge on any atom is -0.462 e. The lowest BCUT2D eigenvalue weighted by Crippen LogP contribution is -2.06. The number of hydrogen-bond acceptors (Lipinski definition) is 5. The lowest BCUT2D eigenvalue weighted by Gasteiger charge is -2.00. The van der Waals surface area contributed by atoms with Crippen molar-refractivity contribution in [2.75, 3.05) is 6.61 Å². The van der Waals surface area contributed by atoms with Crippen molar-refractivity contribution in [3.05, 3.63) is 72.2 Å². The number of nitrogens with zero attached hydrogens (tertiary/aromatic N) is 4. The standard InChI is InChI=1S/C20H16N4O2/c1-2-26-20(25)16(13-21)12-17-14-24(18-6-4-3-5-7-18)23-19(17)15-8-10-22-11-9-15/h3-12,14H,2H2,1H3. The maximum absolute atomic E-state index is 12.0. The summed E-state index contributed by atoms with van der Waals surface area (Å²) in [6.45, 7) is 1.90. The van der Waals surface area contributed by atoms with E-state index in [9.17, 15) is 10.1 Å². The number of esters is 1. The molecule has 3 rings (SSSR count). The molecule has 0 fully saturated rings. The van der Waals surface area contributed by atoms with Crippen LogP contribution in [0.1, 0.15) is 12.5 Å². The molecule has 6 heteroatoms. The number of pyridine rings is 1. The highest BCUT2D eigenvalue weighted by atomic mass is 16.5. The number of rotatable bonds is 5. The molecule has 0 N–H and O–H groups in total. The summed E-state index contributed by atoms with van der Waals surface area (Å²) in [5, 5.41) is 13.9. The van der Waals surface area contributed by atoms with Gasteiger partial charge in [0.2, 0.25) is 0 Å². The van der Waals surface area contributed by atoms with Crippen molar-refractivity contribution in [3.8, 4) is 23.0 Å². The lowest BCUT2D eigenvalue weighted by atomic mass is 10.1. The van der Waals surface area contributed by atoms with Crippen LogP contribution in [0, 0.1) is 11.3 Å². The van der Waals surface area contributed by atoms with Crippen molar-refractivity contribution >= 4 is 12.0 Å². The van der Waals surface area contributed by atoms with E-state index in [1.54, 1.807) is 30.2 Å². The first-order valence-electron chi connectivity index (χ1n) is 8.07. The molecule has 2 heterocycles. The van der Waals surface area contributed by atoms with Gasteiger partial charge >= 0.3 is 5.97 Å². The van der Waals surface area contributed by atoms with E-state index in [2.05, 4.69) is 10.1 Å². The van der Waals surface area contributed by atoms with E-state index in [1.807, 2.05) is 48.5 Å². The van der Waals surface area contributed by atoms with Gasteiger partial charge in [-0.05, 0) is 37.3 Å². The summed E-state index contributed by atoms with van der Waals surface area (Å²) >= 11 is 0. The van der Waals surface area contributed by atoms with Crippen LogP contribution in [-0.4, -0.2) is 27.3 Å². The number of carbonyl (C=O) groups is 1. The van der Waals surface area contributed by atoms with E-state index in [0.717, 1.165) is 11.3 Å². The van der Waals surface area contributed by atoms with Crippen LogP contribution < -0.4 is 0 Å². The number of para-hydroxylation sites is 1. The van der Waals surface area contributed by atoms with Crippen LogP contribution in [0.2, 0.25) is 0 Å². The van der Waals surface area contributed by atoms with Crippen molar-refractivity contribution < 1.29 is 9.53 Å². The highest BCUT2D eigenvalue weighted by molar-refractivity contribution is 5.98. The normalized spacial score (nSPS) is 11.0. The van der Waals surface area contributed by atoms with Gasteiger partial charge in [0.25, 0.3) is 0 Å². The number of carbonyl (C=O) groups excluding carboxylic acids is 1. The zero-order chi connectivity index (χ0) is 18.4. The average Bonchev–Trinajstić information content (AvgIpc) is 3.11. The molecule has 0 radical (unpaired) electrons. The summed E-state index contributed by atoms with van der Waals surface area (Å²) in [6, 6.07) is 15.1. The predicted octanol–water partition coefficient (Wildman–Crippen LogP) is 3.40. The van der Waals surface area contributed by atoms with Crippen molar-refractivity contribution in [2.24, 2.45) is 0 Å². The Morgan fingerprint density at radius 3 is 2.62 bits per heavy atom. The van der Waals surface area contributed by atoms with Crippen molar-refractivity contribution in [1.29, 1.82) is 5.26 Å². The average molecular weight is 344 g/mol. The van der Waals surface area contributed by atoms with Crippen molar-refractivity contribution in [2.45, 2.75) is 6.92 Å². The Kier molecular flexibility index (Phi) is 5.20. The fourth-order valence-corrected chi connectivity index (χ4v) is 2.44. The highest BCUT2D eigenvalue weighted by Crippen LogP contribution is 2.25. The zero-order valence-electron chi connectivity index (χ0n) is 14.2. The molecule has 26 heavy (non-hydrogen) atoms. The first-order valence-corrected chi connectivity index (χ1v) is 8.07. The summed E-state index contributed by atoms with van der Waals surface area (Å²) in [5.74, 6) is -0.650. The fourth-order valence-electron chi connectivity index (χ4n) is 2.44. The Bertz CT molecular complexity index is 970. The summed E-state index contributed by atoms with van der Waals surface area (Å²) in [5.41, 5.74) is 2.92. The number of benzene rings is 1. The van der Waals surface area contributed by atoms with Gasteiger partial charge in [-0.3, -0.25) is 4.98 Å². The SMILES string of the molecule is CCOC(=O)C(C#N)=Cc1cn(-c2ccccc2)nc1-c1ccncc1. The Balaban J connectivity index is 2.12. The first-order chi connectivity index (χ1) is 12.7. The Morgan fingerprint density at radius 1 is 1.23 bits per heavy atom. The molecule has 0 atom stereocenters. The molecule has 128 valence electrons. The summed E-state index contributed by atoms with van der Waals surface area (Å²) in [4.78, 5) is 16.0. The fraction of sp³-hybridized carbons (Fsp3) is 0.100. The molecule has 0 unspecified atom stereocenters. The summed E-state index contributed by atoms with van der Waals surface area (Å²) < 4.78 is 6.65. The maximum Gasteiger partial charge on any atom is 0.348 e. The molecule has 3 aromatic rings. The molecule has 0 saturated carbocycles. The summed E-state index contributed by atoms with van der Waals surface area (Å²) in [6.07, 6.45) is 6.61. The molecule has 0 aliphatic rings. The van der Waals surface area contributed by atoms with Gasteiger partial charge in [-0.15, -0.1) is 0 Å². The second-order valence-electron chi connectivity index (χ2n) is 5.34. The molecule has 0 bridgehead atoms. The molecule has 1 aromatic carbocycles. The van der Waals surface area contributed by atoms with E-state index < -0.39 is 5.97 Å². The Morgan fingerprint density at radius 2 is 1.96 bits per heavy atom. The van der Waals surface area contributed by atoms with Gasteiger partial charge in [0.15, 0.2) is 0 Å². The van der Waals surface area contributed by atoms with Crippen LogP contribution in [-0.2, 0) is 9.53 Å². The minimum absolute atomic E-state index is 0.0743. The van der Waals surface area contributed by atoms with E-state index in [-0.39, 0.29) is 12.2 Å². The van der Waals surface area contributed by atoms with Crippen LogP contribution >= 0.6 is 0 Å². The second kappa shape index (κ2) is 7.90. The first kappa shape index (κ1) is 17.1. The minimum atomic E-state index is -0.650. The van der Waals surface area contributed by atoms with Gasteiger partial charge in [0.1, 0.15) is 17.3 Å². The van der Waals surface area contributed by atoms with E-state index >= 15 is 0 Å². The van der Waals surface area contributed by atoms with Crippen LogP contribution in [0.25, 0.3) is 23.0 Å². The largest absolute Gasteiger partial charge is 0.462 e. The number of nitriles is 1. The van der Waals surface area contributed by atoms with Gasteiger partial charge in [-0.2, -0.15) is 10.4 Å². The molecule has 2 aromatic heterocycles. The number of ether oxygens (including phenoxy) is 1. The molecule has 0 aliphatic carbocycles. The molecular formula is C20H16N4O2. The van der Waals surface area contributed by atoms with Gasteiger partial charge in [-0.25, -0.2) is 9.48 Å². The van der Waals surface area contributed by atoms with E-state index in [1.165, 1.54) is 6.08 Å². The predicted molar refractivity (Wildman–Crippen MR) is 97.0 cm³/mol. The molecule has 6 nitrogen and oxygen atoms in total. The van der Waals surface area contributed by atoms with E-state index in [4.69, 9.17) is 4.74 Å². The second-order valence-corrected chi connectivity index (χ2v) is 5.34. The number of hydrogen-bond donors (Lipinski definition) is 0. The third-order valence-corrected chi connectivity index (χ3v) is 3.63. The summed E-state index contributed by atoms with van der Waals surface area (Å²) in [7, 11) is 0. The lowest BCUT2D eigenvalue weighted by molar-refractivity contribution is -0.137. The number of aromatic nitrogens is 3. The van der Waals surface area contributed by atoms with Gasteiger partial charge in [0.05, 0.1) is 12.3 Å². The van der Waals surface area contributed by atoms with Crippen LogP contribution in [0.4, 0.5) is 0 Å². The third kappa shape index (κ3) is 3.68. The van der Waals surface area contributed by atoms with Crippen molar-refractivity contribution in [3.63, 3.8) is 0 Å². The monoisotopic (exact) mass is 344 g/mol. The molecule has 0 aliphatic heterocycles. The van der Waals surface area contributed by atoms with Crippen LogP contribution in [0.5, 0.6) is 0 Å². The molecular weight excluding hydrogens is 328 g/mol. The van der Waals surface area contributed by atoms with E-state index in [0.29, 0.717) is 11.3 Å². The molecule has 0 saturated heterocycles. The highest BCUT2D eigenvalue weighted by Gasteiger charge is 2.15. The quantitative estimate of drug-likeness (QED) is 0.402. The Hall–Kier alpha value is -3.72. The molecule has 0 amide bonds. The van der Waals surface area contributed by atoms with Crippen molar-refractivity contribution in [1.82, 2.24) is 14.8 Å². The van der Waals surface area contributed by atoms with Gasteiger partial charge in [-0.1, -0.05) is 18.2 Å². The Labute approximate surface area is 151 Å². The van der Waals surface area contributed by atoms with Gasteiger partial charge < -0.3 is 4.74 Å². The zero-order valence-corrected chi connectivity index (χ0v) is 14.2. The van der Waals surface area contributed by atoms with Gasteiger partial charge in [0, 0.05) is 29.7 Å². The smallest absolute Gasteiger partial charge is 0.348 e. The van der Waals surface area contributed by atoms with Crippen LogP contribution in [0.3, 0.4) is 0 Å².